The monoisotopic (exact) mass is 392 g/mol. The number of hydrogen-bond donors (Lipinski definition) is 0. The van der Waals surface area contributed by atoms with Crippen LogP contribution in [-0.2, 0) is 4.79 Å². The molecule has 0 aromatic heterocycles. The fourth-order valence-electron chi connectivity index (χ4n) is 2.29. The van der Waals surface area contributed by atoms with Gasteiger partial charge in [0.1, 0.15) is 18.4 Å². The Morgan fingerprint density at radius 3 is 1.31 bits per heavy atom. The Kier molecular flexibility index (Phi) is 11.3. The van der Waals surface area contributed by atoms with Crippen LogP contribution in [0.3, 0.4) is 0 Å². The maximum atomic E-state index is 10.5. The number of hydrogen-bond acceptors (Lipinski definition) is 5. The van der Waals surface area contributed by atoms with E-state index in [1.165, 1.54) is 6.42 Å². The molecule has 9 nitrogen and oxygen atoms in total. The number of azide groups is 2. The van der Waals surface area contributed by atoms with Crippen LogP contribution >= 0.6 is 0 Å². The lowest BCUT2D eigenvalue weighted by molar-refractivity contribution is -0.120. The summed E-state index contributed by atoms with van der Waals surface area (Å²) >= 11 is 0. The first kappa shape index (κ1) is 23.1. The van der Waals surface area contributed by atoms with Crippen molar-refractivity contribution in [2.75, 3.05) is 0 Å². The molecule has 0 heterocycles. The van der Waals surface area contributed by atoms with E-state index in [9.17, 15) is 14.4 Å². The van der Waals surface area contributed by atoms with Crippen molar-refractivity contribution in [3.8, 4) is 0 Å². The minimum atomic E-state index is 0.464. The Balaban J connectivity index is 0.000000223. The van der Waals surface area contributed by atoms with Crippen molar-refractivity contribution in [3.05, 3.63) is 80.5 Å². The number of Topliss-reactive ketones (excluding diaryl/α,β-unsaturated/α-hetero) is 1. The molecular weight excluding hydrogens is 372 g/mol. The van der Waals surface area contributed by atoms with Gasteiger partial charge in [-0.25, -0.2) is 0 Å². The van der Waals surface area contributed by atoms with Crippen LogP contribution in [0.5, 0.6) is 0 Å². The zero-order chi connectivity index (χ0) is 21.3. The number of ketones is 1. The van der Waals surface area contributed by atoms with E-state index < -0.39 is 0 Å². The summed E-state index contributed by atoms with van der Waals surface area (Å²) < 4.78 is 0. The number of rotatable bonds is 4. The highest BCUT2D eigenvalue weighted by Crippen LogP contribution is 2.13. The van der Waals surface area contributed by atoms with Gasteiger partial charge in [0.25, 0.3) is 0 Å². The Morgan fingerprint density at radius 2 is 1.07 bits per heavy atom. The molecule has 9 heteroatoms. The molecule has 1 saturated carbocycles. The summed E-state index contributed by atoms with van der Waals surface area (Å²) in [4.78, 5) is 36.0. The van der Waals surface area contributed by atoms with Crippen molar-refractivity contribution in [2.24, 2.45) is 10.2 Å². The lowest BCUT2D eigenvalue weighted by atomic mass is 10.00. The SMILES string of the molecule is O=C1CCCCC1.[N-]=[N+]=Nc1ccc(C=O)cc1.[N-]=[N+]=Nc1ccc(C=O)cc1. The first-order valence-corrected chi connectivity index (χ1v) is 8.85. The van der Waals surface area contributed by atoms with Crippen molar-refractivity contribution in [3.63, 3.8) is 0 Å². The molecule has 148 valence electrons. The van der Waals surface area contributed by atoms with Gasteiger partial charge in [-0.2, -0.15) is 0 Å². The molecule has 0 N–H and O–H groups in total. The topological polar surface area (TPSA) is 149 Å². The molecule has 0 amide bonds. The van der Waals surface area contributed by atoms with Gasteiger partial charge in [0, 0.05) is 45.2 Å². The molecule has 0 bridgehead atoms. The molecular formula is C20H20N6O3. The van der Waals surface area contributed by atoms with E-state index in [2.05, 4.69) is 20.1 Å². The van der Waals surface area contributed by atoms with Gasteiger partial charge in [-0.05, 0) is 23.9 Å². The second-order valence-electron chi connectivity index (χ2n) is 5.90. The highest BCUT2D eigenvalue weighted by atomic mass is 16.1. The molecule has 0 aliphatic heterocycles. The highest BCUT2D eigenvalue weighted by molar-refractivity contribution is 5.78. The van der Waals surface area contributed by atoms with E-state index in [0.29, 0.717) is 28.3 Å². The van der Waals surface area contributed by atoms with Crippen LogP contribution < -0.4 is 0 Å². The van der Waals surface area contributed by atoms with Crippen LogP contribution in [0.25, 0.3) is 20.9 Å². The standard InChI is InChI=1S/2C7H5N3O.C6H10O/c2*8-10-9-7-3-1-6(5-11)2-4-7;7-6-4-2-1-3-5-6/h2*1-5H;1-5H2. The number of benzene rings is 2. The zero-order valence-corrected chi connectivity index (χ0v) is 15.7. The minimum absolute atomic E-state index is 0.464. The molecule has 0 radical (unpaired) electrons. The van der Waals surface area contributed by atoms with Crippen LogP contribution in [0, 0.1) is 0 Å². The molecule has 3 rings (SSSR count). The summed E-state index contributed by atoms with van der Waals surface area (Å²) in [6.07, 6.45) is 6.71. The fraction of sp³-hybridized carbons (Fsp3) is 0.250. The summed E-state index contributed by atoms with van der Waals surface area (Å²) in [7, 11) is 0. The van der Waals surface area contributed by atoms with Gasteiger partial charge in [-0.15, -0.1) is 0 Å². The van der Waals surface area contributed by atoms with Gasteiger partial charge in [-0.3, -0.25) is 14.4 Å². The van der Waals surface area contributed by atoms with Gasteiger partial charge >= 0.3 is 0 Å². The Hall–Kier alpha value is -3.93. The van der Waals surface area contributed by atoms with Crippen LogP contribution in [0.1, 0.15) is 52.8 Å². The molecule has 29 heavy (non-hydrogen) atoms. The Bertz CT molecular complexity index is 823. The van der Waals surface area contributed by atoms with Crippen molar-refractivity contribution < 1.29 is 14.4 Å². The fourth-order valence-corrected chi connectivity index (χ4v) is 2.29. The van der Waals surface area contributed by atoms with Crippen LogP contribution in [0.4, 0.5) is 11.4 Å². The van der Waals surface area contributed by atoms with E-state index in [1.807, 2.05) is 0 Å². The van der Waals surface area contributed by atoms with Crippen molar-refractivity contribution in [1.29, 1.82) is 0 Å². The number of carbonyl (C=O) groups excluding carboxylic acids is 3. The molecule has 0 unspecified atom stereocenters. The predicted molar refractivity (Wildman–Crippen MR) is 109 cm³/mol. The first-order chi connectivity index (χ1) is 14.1. The van der Waals surface area contributed by atoms with Gasteiger partial charge < -0.3 is 0 Å². The first-order valence-electron chi connectivity index (χ1n) is 8.85. The van der Waals surface area contributed by atoms with E-state index >= 15 is 0 Å². The Labute approximate surface area is 167 Å². The third-order valence-corrected chi connectivity index (χ3v) is 3.79. The lowest BCUT2D eigenvalue weighted by Crippen LogP contribution is -2.02. The summed E-state index contributed by atoms with van der Waals surface area (Å²) in [6.45, 7) is 0. The Morgan fingerprint density at radius 1 is 0.690 bits per heavy atom. The average molecular weight is 392 g/mol. The number of aldehydes is 2. The molecule has 1 aliphatic carbocycles. The second kappa shape index (κ2) is 14.2. The zero-order valence-electron chi connectivity index (χ0n) is 15.7. The van der Waals surface area contributed by atoms with Gasteiger partial charge in [0.2, 0.25) is 0 Å². The van der Waals surface area contributed by atoms with Gasteiger partial charge in [0.05, 0.1) is 0 Å². The molecule has 0 atom stereocenters. The van der Waals surface area contributed by atoms with Crippen molar-refractivity contribution >= 4 is 29.7 Å². The van der Waals surface area contributed by atoms with E-state index in [-0.39, 0.29) is 0 Å². The maximum Gasteiger partial charge on any atom is 0.150 e. The third kappa shape index (κ3) is 10.1. The smallest absolute Gasteiger partial charge is 0.150 e. The van der Waals surface area contributed by atoms with Crippen LogP contribution in [0.2, 0.25) is 0 Å². The molecule has 1 aliphatic rings. The third-order valence-electron chi connectivity index (χ3n) is 3.79. The van der Waals surface area contributed by atoms with Crippen LogP contribution in [0.15, 0.2) is 58.8 Å². The van der Waals surface area contributed by atoms with Crippen molar-refractivity contribution in [2.45, 2.75) is 32.1 Å². The summed E-state index contributed by atoms with van der Waals surface area (Å²) in [5, 5.41) is 6.69. The normalized spacial score (nSPS) is 11.8. The largest absolute Gasteiger partial charge is 0.300 e. The predicted octanol–water partition coefficient (Wildman–Crippen LogP) is 6.40. The van der Waals surface area contributed by atoms with Gasteiger partial charge in [-0.1, -0.05) is 65.2 Å². The summed E-state index contributed by atoms with van der Waals surface area (Å²) in [5.41, 5.74) is 18.2. The quantitative estimate of drug-likeness (QED) is 0.256. The maximum absolute atomic E-state index is 10.5. The minimum Gasteiger partial charge on any atom is -0.300 e. The summed E-state index contributed by atoms with van der Waals surface area (Å²) in [5.74, 6) is 0.464. The average Bonchev–Trinajstić information content (AvgIpc) is 2.77. The highest BCUT2D eigenvalue weighted by Gasteiger charge is 2.06. The molecule has 0 spiro atoms. The molecule has 2 aromatic carbocycles. The van der Waals surface area contributed by atoms with Gasteiger partial charge in [0.15, 0.2) is 0 Å². The number of nitrogens with zero attached hydrogens (tertiary/aromatic N) is 6. The molecule has 1 fully saturated rings. The number of carbonyl (C=O) groups is 3. The lowest BCUT2D eigenvalue weighted by Gasteiger charge is -2.05. The van der Waals surface area contributed by atoms with E-state index in [4.69, 9.17) is 11.1 Å². The second-order valence-corrected chi connectivity index (χ2v) is 5.90. The van der Waals surface area contributed by atoms with Crippen molar-refractivity contribution in [1.82, 2.24) is 0 Å². The molecule has 2 aromatic rings. The van der Waals surface area contributed by atoms with E-state index in [0.717, 1.165) is 38.3 Å². The molecule has 0 saturated heterocycles. The van der Waals surface area contributed by atoms with E-state index in [1.54, 1.807) is 48.5 Å². The van der Waals surface area contributed by atoms with Crippen LogP contribution in [-0.4, -0.2) is 18.4 Å². The summed E-state index contributed by atoms with van der Waals surface area (Å²) in [6, 6.07) is 12.7.